The minimum Gasteiger partial charge on any atom is -0.496 e. The van der Waals surface area contributed by atoms with E-state index in [1.165, 1.54) is 6.07 Å². The maximum atomic E-state index is 13.2. The molecule has 3 rings (SSSR count). The lowest BCUT2D eigenvalue weighted by atomic mass is 9.96. The van der Waals surface area contributed by atoms with Crippen LogP contribution in [0.3, 0.4) is 0 Å². The Hall–Kier alpha value is -2.84. The van der Waals surface area contributed by atoms with Gasteiger partial charge in [0.15, 0.2) is 0 Å². The summed E-state index contributed by atoms with van der Waals surface area (Å²) < 4.78 is 34.3. The molecule has 30 heavy (non-hydrogen) atoms. The molecule has 0 saturated carbocycles. The van der Waals surface area contributed by atoms with Crippen LogP contribution in [0, 0.1) is 19.8 Å². The maximum Gasteiger partial charge on any atom is 0.322 e. The summed E-state index contributed by atoms with van der Waals surface area (Å²) in [4.78, 5) is 14.7. The fourth-order valence-corrected chi connectivity index (χ4v) is 5.33. The quantitative estimate of drug-likeness (QED) is 0.528. The number of rotatable bonds is 7. The largest absolute Gasteiger partial charge is 0.496 e. The molecule has 0 saturated heterocycles. The first kappa shape index (κ1) is 21.9. The minimum atomic E-state index is -4.08. The molecule has 0 fully saturated rings. The Labute approximate surface area is 176 Å². The molecule has 0 amide bonds. The molecule has 7 nitrogen and oxygen atoms in total. The number of aromatic nitrogens is 1. The molecule has 0 radical (unpaired) electrons. The van der Waals surface area contributed by atoms with E-state index >= 15 is 0 Å². The van der Waals surface area contributed by atoms with E-state index in [1.807, 2.05) is 30.5 Å². The summed E-state index contributed by atoms with van der Waals surface area (Å²) in [5.41, 5.74) is 3.59. The van der Waals surface area contributed by atoms with Crippen LogP contribution in [0.2, 0.25) is 0 Å². The maximum absolute atomic E-state index is 13.2. The van der Waals surface area contributed by atoms with Crippen LogP contribution < -0.4 is 9.46 Å². The summed E-state index contributed by atoms with van der Waals surface area (Å²) >= 11 is 0. The van der Waals surface area contributed by atoms with Crippen molar-refractivity contribution in [1.29, 1.82) is 0 Å². The number of hydrogen-bond acceptors (Lipinski definition) is 4. The highest BCUT2D eigenvalue weighted by molar-refractivity contribution is 7.89. The molecule has 3 aromatic rings. The van der Waals surface area contributed by atoms with Gasteiger partial charge in [0.25, 0.3) is 0 Å². The van der Waals surface area contributed by atoms with Gasteiger partial charge in [0.2, 0.25) is 10.0 Å². The Morgan fingerprint density at radius 2 is 1.87 bits per heavy atom. The van der Waals surface area contributed by atoms with Gasteiger partial charge < -0.3 is 14.8 Å². The second-order valence-electron chi connectivity index (χ2n) is 7.69. The third-order valence-corrected chi connectivity index (χ3v) is 6.80. The van der Waals surface area contributed by atoms with E-state index in [4.69, 9.17) is 4.74 Å². The Kier molecular flexibility index (Phi) is 5.92. The Bertz CT molecular complexity index is 1210. The number of carboxylic acids is 1. The molecule has 0 unspecified atom stereocenters. The monoisotopic (exact) mass is 430 g/mol. The standard InChI is InChI=1S/C22H26N2O5S/c1-12(2)20(22(25)26)24-30(27,28)18-10-13(3)21(29-5)19(14(18)4)16-6-7-17-15(11-16)8-9-23-17/h6-12,20,23-24H,1-5H3,(H,25,26)/t20-/m1/s1. The number of methoxy groups -OCH3 is 1. The van der Waals surface area contributed by atoms with Crippen LogP contribution in [0.5, 0.6) is 5.75 Å². The lowest BCUT2D eigenvalue weighted by molar-refractivity contribution is -0.140. The summed E-state index contributed by atoms with van der Waals surface area (Å²) in [6.07, 6.45) is 1.84. The Morgan fingerprint density at radius 1 is 1.17 bits per heavy atom. The van der Waals surface area contributed by atoms with E-state index in [0.29, 0.717) is 22.4 Å². The van der Waals surface area contributed by atoms with Gasteiger partial charge in [0.05, 0.1) is 12.0 Å². The van der Waals surface area contributed by atoms with E-state index in [2.05, 4.69) is 9.71 Å². The van der Waals surface area contributed by atoms with Crippen molar-refractivity contribution in [1.82, 2.24) is 9.71 Å². The molecule has 0 aliphatic rings. The molecule has 1 aromatic heterocycles. The Balaban J connectivity index is 2.21. The first-order chi connectivity index (χ1) is 14.1. The smallest absolute Gasteiger partial charge is 0.322 e. The number of aromatic amines is 1. The van der Waals surface area contributed by atoms with Gasteiger partial charge in [0, 0.05) is 17.3 Å². The van der Waals surface area contributed by atoms with Gasteiger partial charge in [-0.1, -0.05) is 19.9 Å². The molecule has 1 heterocycles. The number of fused-ring (bicyclic) bond motifs is 1. The number of ether oxygens (including phenoxy) is 1. The number of benzene rings is 2. The molecular weight excluding hydrogens is 404 g/mol. The lowest BCUT2D eigenvalue weighted by Crippen LogP contribution is -2.44. The second-order valence-corrected chi connectivity index (χ2v) is 9.37. The van der Waals surface area contributed by atoms with Crippen molar-refractivity contribution in [2.75, 3.05) is 7.11 Å². The van der Waals surface area contributed by atoms with Crippen LogP contribution in [0.1, 0.15) is 25.0 Å². The van der Waals surface area contributed by atoms with Crippen molar-refractivity contribution in [3.05, 3.63) is 47.7 Å². The number of H-pyrrole nitrogens is 1. The van der Waals surface area contributed by atoms with Gasteiger partial charge >= 0.3 is 5.97 Å². The molecule has 3 N–H and O–H groups in total. The highest BCUT2D eigenvalue weighted by Gasteiger charge is 2.30. The van der Waals surface area contributed by atoms with Gasteiger partial charge in [-0.2, -0.15) is 4.72 Å². The van der Waals surface area contributed by atoms with Gasteiger partial charge in [-0.15, -0.1) is 0 Å². The van der Waals surface area contributed by atoms with Crippen LogP contribution in [0.25, 0.3) is 22.0 Å². The SMILES string of the molecule is COc1c(C)cc(S(=O)(=O)N[C@@H](C(=O)O)C(C)C)c(C)c1-c1ccc2[nH]ccc2c1. The normalized spacial score (nSPS) is 13.0. The first-order valence-corrected chi connectivity index (χ1v) is 11.1. The highest BCUT2D eigenvalue weighted by atomic mass is 32.2. The number of carboxylic acid groups (broad SMARTS) is 1. The number of nitrogens with one attached hydrogen (secondary N) is 2. The number of aliphatic carboxylic acids is 1. The van der Waals surface area contributed by atoms with Crippen LogP contribution in [0.15, 0.2) is 41.4 Å². The zero-order valence-electron chi connectivity index (χ0n) is 17.6. The zero-order valence-corrected chi connectivity index (χ0v) is 18.4. The number of carbonyl (C=O) groups is 1. The summed E-state index contributed by atoms with van der Waals surface area (Å²) in [5.74, 6) is -1.04. The molecule has 8 heteroatoms. The molecule has 160 valence electrons. The Morgan fingerprint density at radius 3 is 2.47 bits per heavy atom. The summed E-state index contributed by atoms with van der Waals surface area (Å²) in [7, 11) is -2.54. The van der Waals surface area contributed by atoms with Crippen molar-refractivity contribution in [3.8, 4) is 16.9 Å². The third kappa shape index (κ3) is 3.93. The number of aryl methyl sites for hydroxylation is 1. The van der Waals surface area contributed by atoms with Crippen LogP contribution >= 0.6 is 0 Å². The van der Waals surface area contributed by atoms with Gasteiger partial charge in [-0.05, 0) is 66.1 Å². The minimum absolute atomic E-state index is 0.0388. The van der Waals surface area contributed by atoms with E-state index in [-0.39, 0.29) is 4.90 Å². The van der Waals surface area contributed by atoms with Crippen molar-refractivity contribution >= 4 is 26.9 Å². The molecule has 1 atom stereocenters. The first-order valence-electron chi connectivity index (χ1n) is 9.57. The second kappa shape index (κ2) is 8.12. The van der Waals surface area contributed by atoms with E-state index in [9.17, 15) is 18.3 Å². The molecule has 2 aromatic carbocycles. The highest BCUT2D eigenvalue weighted by Crippen LogP contribution is 2.40. The topological polar surface area (TPSA) is 108 Å². The van der Waals surface area contributed by atoms with Gasteiger partial charge in [-0.25, -0.2) is 8.42 Å². The van der Waals surface area contributed by atoms with Gasteiger partial charge in [0.1, 0.15) is 11.8 Å². The van der Waals surface area contributed by atoms with E-state index in [0.717, 1.165) is 16.5 Å². The number of hydrogen-bond donors (Lipinski definition) is 3. The predicted molar refractivity (Wildman–Crippen MR) is 116 cm³/mol. The van der Waals surface area contributed by atoms with E-state index in [1.54, 1.807) is 34.8 Å². The average Bonchev–Trinajstić information content (AvgIpc) is 3.14. The zero-order chi connectivity index (χ0) is 22.2. The summed E-state index contributed by atoms with van der Waals surface area (Å²) in [6, 6.07) is 8.03. The third-order valence-electron chi connectivity index (χ3n) is 5.23. The summed E-state index contributed by atoms with van der Waals surface area (Å²) in [5, 5.41) is 10.4. The lowest BCUT2D eigenvalue weighted by Gasteiger charge is -2.22. The van der Waals surface area contributed by atoms with E-state index < -0.39 is 28.0 Å². The van der Waals surface area contributed by atoms with Gasteiger partial charge in [-0.3, -0.25) is 4.79 Å². The van der Waals surface area contributed by atoms with Crippen molar-refractivity contribution < 1.29 is 23.1 Å². The summed E-state index contributed by atoms with van der Waals surface area (Å²) in [6.45, 7) is 6.79. The average molecular weight is 431 g/mol. The van der Waals surface area contributed by atoms with Crippen LogP contribution in [-0.4, -0.2) is 37.6 Å². The predicted octanol–water partition coefficient (Wildman–Crippen LogP) is 3.85. The fraction of sp³-hybridized carbons (Fsp3) is 0.318. The van der Waals surface area contributed by atoms with Crippen molar-refractivity contribution in [2.45, 2.75) is 38.6 Å². The molecule has 0 bridgehead atoms. The molecule has 0 aliphatic heterocycles. The fourth-order valence-electron chi connectivity index (χ4n) is 3.66. The van der Waals surface area contributed by atoms with Crippen LogP contribution in [0.4, 0.5) is 0 Å². The van der Waals surface area contributed by atoms with Crippen molar-refractivity contribution in [2.24, 2.45) is 5.92 Å². The molecule has 0 aliphatic carbocycles. The van der Waals surface area contributed by atoms with Crippen LogP contribution in [-0.2, 0) is 14.8 Å². The molecular formula is C22H26N2O5S. The molecule has 0 spiro atoms. The van der Waals surface area contributed by atoms with Crippen molar-refractivity contribution in [3.63, 3.8) is 0 Å². The number of sulfonamides is 1.